The van der Waals surface area contributed by atoms with Crippen LogP contribution >= 0.6 is 12.4 Å². The highest BCUT2D eigenvalue weighted by Crippen LogP contribution is 2.20. The Bertz CT molecular complexity index is 527. The van der Waals surface area contributed by atoms with Gasteiger partial charge in [-0.1, -0.05) is 0 Å². The van der Waals surface area contributed by atoms with Crippen LogP contribution in [-0.2, 0) is 9.59 Å². The topological polar surface area (TPSA) is 78.9 Å². The van der Waals surface area contributed by atoms with E-state index in [2.05, 4.69) is 5.32 Å². The Kier molecular flexibility index (Phi) is 7.32. The van der Waals surface area contributed by atoms with Crippen LogP contribution in [0, 0.1) is 5.92 Å². The Labute approximate surface area is 142 Å². The van der Waals surface area contributed by atoms with E-state index in [0.717, 1.165) is 11.4 Å². The van der Waals surface area contributed by atoms with Crippen molar-refractivity contribution in [2.75, 3.05) is 25.5 Å². The molecule has 6 nitrogen and oxygen atoms in total. The summed E-state index contributed by atoms with van der Waals surface area (Å²) in [7, 11) is 1.59. The summed E-state index contributed by atoms with van der Waals surface area (Å²) in [5, 5.41) is 11.9. The molecule has 0 aromatic heterocycles. The minimum atomic E-state index is -0.741. The molecule has 1 atom stereocenters. The number of nitrogens with zero attached hydrogens (tertiary/aromatic N) is 1. The quantitative estimate of drug-likeness (QED) is 0.858. The summed E-state index contributed by atoms with van der Waals surface area (Å²) >= 11 is 0. The Morgan fingerprint density at radius 3 is 2.30 bits per heavy atom. The maximum Gasteiger partial charge on any atom is 0.306 e. The maximum atomic E-state index is 12.3. The van der Waals surface area contributed by atoms with E-state index in [1.807, 2.05) is 11.8 Å². The standard InChI is InChI=1S/C16H22N2O4.ClH/c1-11(18-9-7-12(8-10-18)16(20)21)15(19)17-13-3-5-14(22-2)6-4-13;/h3-6,11-12H,7-10H2,1-2H3,(H,17,19)(H,20,21);1H. The zero-order valence-electron chi connectivity index (χ0n) is 13.3. The molecule has 1 unspecified atom stereocenters. The molecule has 0 aliphatic carbocycles. The molecule has 128 valence electrons. The van der Waals surface area contributed by atoms with Crippen molar-refractivity contribution in [3.63, 3.8) is 0 Å². The number of rotatable bonds is 5. The van der Waals surface area contributed by atoms with Crippen molar-refractivity contribution in [2.24, 2.45) is 5.92 Å². The number of hydrogen-bond donors (Lipinski definition) is 2. The Morgan fingerprint density at radius 1 is 1.26 bits per heavy atom. The van der Waals surface area contributed by atoms with Crippen molar-refractivity contribution < 1.29 is 19.4 Å². The third kappa shape index (κ3) is 5.11. The number of ether oxygens (including phenoxy) is 1. The monoisotopic (exact) mass is 342 g/mol. The lowest BCUT2D eigenvalue weighted by Crippen LogP contribution is -2.46. The molecule has 0 saturated carbocycles. The fourth-order valence-corrected chi connectivity index (χ4v) is 2.62. The van der Waals surface area contributed by atoms with Crippen LogP contribution in [0.5, 0.6) is 5.75 Å². The van der Waals surface area contributed by atoms with Gasteiger partial charge in [-0.25, -0.2) is 0 Å². The molecular formula is C16H23ClN2O4. The number of amides is 1. The van der Waals surface area contributed by atoms with Crippen molar-refractivity contribution in [3.05, 3.63) is 24.3 Å². The van der Waals surface area contributed by atoms with Gasteiger partial charge in [0.1, 0.15) is 5.75 Å². The molecule has 1 aliphatic heterocycles. The van der Waals surface area contributed by atoms with E-state index < -0.39 is 5.97 Å². The lowest BCUT2D eigenvalue weighted by atomic mass is 9.96. The highest BCUT2D eigenvalue weighted by atomic mass is 35.5. The number of benzene rings is 1. The zero-order chi connectivity index (χ0) is 16.1. The molecule has 23 heavy (non-hydrogen) atoms. The van der Waals surface area contributed by atoms with Crippen LogP contribution in [0.25, 0.3) is 0 Å². The van der Waals surface area contributed by atoms with Crippen LogP contribution in [0.2, 0.25) is 0 Å². The van der Waals surface area contributed by atoms with Gasteiger partial charge in [0.05, 0.1) is 19.1 Å². The summed E-state index contributed by atoms with van der Waals surface area (Å²) in [4.78, 5) is 25.3. The van der Waals surface area contributed by atoms with Gasteiger partial charge in [0.25, 0.3) is 0 Å². The van der Waals surface area contributed by atoms with E-state index in [1.54, 1.807) is 31.4 Å². The minimum absolute atomic E-state index is 0. The van der Waals surface area contributed by atoms with Gasteiger partial charge in [-0.05, 0) is 57.1 Å². The first-order valence-corrected chi connectivity index (χ1v) is 7.43. The average Bonchev–Trinajstić information content (AvgIpc) is 2.55. The average molecular weight is 343 g/mol. The maximum absolute atomic E-state index is 12.3. The first-order chi connectivity index (χ1) is 10.5. The number of nitrogens with one attached hydrogen (secondary N) is 1. The van der Waals surface area contributed by atoms with Crippen molar-refractivity contribution in [1.29, 1.82) is 0 Å². The molecule has 0 radical (unpaired) electrons. The van der Waals surface area contributed by atoms with Crippen molar-refractivity contribution in [2.45, 2.75) is 25.8 Å². The Hall–Kier alpha value is -1.79. The predicted octanol–water partition coefficient (Wildman–Crippen LogP) is 2.24. The van der Waals surface area contributed by atoms with Gasteiger partial charge in [-0.3, -0.25) is 14.5 Å². The first-order valence-electron chi connectivity index (χ1n) is 7.43. The molecule has 1 aromatic rings. The fraction of sp³-hybridized carbons (Fsp3) is 0.500. The van der Waals surface area contributed by atoms with Crippen LogP contribution in [0.15, 0.2) is 24.3 Å². The molecule has 1 fully saturated rings. The van der Waals surface area contributed by atoms with E-state index in [-0.39, 0.29) is 30.3 Å². The number of hydrogen-bond acceptors (Lipinski definition) is 4. The molecule has 2 N–H and O–H groups in total. The van der Waals surface area contributed by atoms with E-state index in [0.29, 0.717) is 25.9 Å². The Balaban J connectivity index is 0.00000264. The third-order valence-corrected chi connectivity index (χ3v) is 4.16. The minimum Gasteiger partial charge on any atom is -0.497 e. The fourth-order valence-electron chi connectivity index (χ4n) is 2.62. The molecule has 0 bridgehead atoms. The lowest BCUT2D eigenvalue weighted by molar-refractivity contribution is -0.143. The number of methoxy groups -OCH3 is 1. The van der Waals surface area contributed by atoms with E-state index in [9.17, 15) is 9.59 Å². The number of anilines is 1. The van der Waals surface area contributed by atoms with Crippen LogP contribution in [0.4, 0.5) is 5.69 Å². The van der Waals surface area contributed by atoms with Crippen LogP contribution in [-0.4, -0.2) is 48.1 Å². The molecule has 2 rings (SSSR count). The summed E-state index contributed by atoms with van der Waals surface area (Å²) in [6.07, 6.45) is 1.19. The van der Waals surface area contributed by atoms with Crippen LogP contribution < -0.4 is 10.1 Å². The number of carbonyl (C=O) groups excluding carboxylic acids is 1. The predicted molar refractivity (Wildman–Crippen MR) is 90.3 cm³/mol. The van der Waals surface area contributed by atoms with Crippen molar-refractivity contribution in [3.8, 4) is 5.75 Å². The SMILES string of the molecule is COc1ccc(NC(=O)C(C)N2CCC(C(=O)O)CC2)cc1.Cl. The van der Waals surface area contributed by atoms with Gasteiger partial charge in [0.2, 0.25) is 5.91 Å². The summed E-state index contributed by atoms with van der Waals surface area (Å²) < 4.78 is 5.08. The molecule has 1 aliphatic rings. The number of piperidine rings is 1. The summed E-state index contributed by atoms with van der Waals surface area (Å²) in [6, 6.07) is 6.88. The van der Waals surface area contributed by atoms with E-state index in [1.165, 1.54) is 0 Å². The molecule has 1 aromatic carbocycles. The number of halogens is 1. The molecule has 1 heterocycles. The van der Waals surface area contributed by atoms with E-state index in [4.69, 9.17) is 9.84 Å². The third-order valence-electron chi connectivity index (χ3n) is 4.16. The summed E-state index contributed by atoms with van der Waals surface area (Å²) in [6.45, 7) is 3.11. The number of carbonyl (C=O) groups is 2. The number of aliphatic carboxylic acids is 1. The lowest BCUT2D eigenvalue weighted by Gasteiger charge is -2.33. The van der Waals surface area contributed by atoms with Crippen LogP contribution in [0.3, 0.4) is 0 Å². The summed E-state index contributed by atoms with van der Waals surface area (Å²) in [5.74, 6) is -0.371. The second-order valence-electron chi connectivity index (χ2n) is 5.54. The first kappa shape index (κ1) is 19.3. The highest BCUT2D eigenvalue weighted by Gasteiger charge is 2.29. The largest absolute Gasteiger partial charge is 0.497 e. The molecule has 0 spiro atoms. The molecular weight excluding hydrogens is 320 g/mol. The van der Waals surface area contributed by atoms with Gasteiger partial charge >= 0.3 is 5.97 Å². The second-order valence-corrected chi connectivity index (χ2v) is 5.54. The second kappa shape index (κ2) is 8.74. The highest BCUT2D eigenvalue weighted by molar-refractivity contribution is 5.94. The van der Waals surface area contributed by atoms with Crippen molar-refractivity contribution >= 4 is 30.0 Å². The number of carboxylic acids is 1. The summed E-state index contributed by atoms with van der Waals surface area (Å²) in [5.41, 5.74) is 0.720. The van der Waals surface area contributed by atoms with Gasteiger partial charge in [-0.2, -0.15) is 0 Å². The molecule has 1 saturated heterocycles. The van der Waals surface area contributed by atoms with Gasteiger partial charge in [-0.15, -0.1) is 12.4 Å². The van der Waals surface area contributed by atoms with E-state index >= 15 is 0 Å². The van der Waals surface area contributed by atoms with Crippen LogP contribution in [0.1, 0.15) is 19.8 Å². The Morgan fingerprint density at radius 2 is 1.83 bits per heavy atom. The normalized spacial score (nSPS) is 17.0. The molecule has 7 heteroatoms. The smallest absolute Gasteiger partial charge is 0.306 e. The number of likely N-dealkylation sites (tertiary alicyclic amines) is 1. The van der Waals surface area contributed by atoms with Gasteiger partial charge in [0.15, 0.2) is 0 Å². The van der Waals surface area contributed by atoms with Gasteiger partial charge in [0, 0.05) is 5.69 Å². The van der Waals surface area contributed by atoms with Crippen molar-refractivity contribution in [1.82, 2.24) is 4.90 Å². The zero-order valence-corrected chi connectivity index (χ0v) is 14.1. The number of carboxylic acid groups (broad SMARTS) is 1. The molecule has 1 amide bonds. The van der Waals surface area contributed by atoms with Gasteiger partial charge < -0.3 is 15.2 Å².